The SMILES string of the molecule is C=CC(=O)C(=O)/C=C/Cl. The molecular weight excluding hydrogens is 140 g/mol. The molecule has 0 radical (unpaired) electrons. The predicted molar refractivity (Wildman–Crippen MR) is 35.2 cm³/mol. The van der Waals surface area contributed by atoms with Gasteiger partial charge in [-0.3, -0.25) is 9.59 Å². The molecule has 0 amide bonds. The minimum Gasteiger partial charge on any atom is -0.286 e. The van der Waals surface area contributed by atoms with Gasteiger partial charge in [-0.2, -0.15) is 0 Å². The molecule has 0 saturated carbocycles. The van der Waals surface area contributed by atoms with Crippen molar-refractivity contribution in [1.29, 1.82) is 0 Å². The summed E-state index contributed by atoms with van der Waals surface area (Å²) >= 11 is 5.01. The van der Waals surface area contributed by atoms with E-state index in [1.165, 1.54) is 0 Å². The highest BCUT2D eigenvalue weighted by molar-refractivity contribution is 6.46. The van der Waals surface area contributed by atoms with Gasteiger partial charge < -0.3 is 0 Å². The third-order valence-electron chi connectivity index (χ3n) is 0.643. The van der Waals surface area contributed by atoms with E-state index in [0.717, 1.165) is 17.7 Å². The molecule has 3 heteroatoms. The molecule has 9 heavy (non-hydrogen) atoms. The summed E-state index contributed by atoms with van der Waals surface area (Å²) in [6.45, 7) is 3.12. The van der Waals surface area contributed by atoms with Crippen LogP contribution in [0.5, 0.6) is 0 Å². The summed E-state index contributed by atoms with van der Waals surface area (Å²) < 4.78 is 0. The fraction of sp³-hybridized carbons (Fsp3) is 0. The third kappa shape index (κ3) is 2.82. The van der Waals surface area contributed by atoms with Crippen LogP contribution in [0.3, 0.4) is 0 Å². The molecule has 0 aliphatic rings. The van der Waals surface area contributed by atoms with Gasteiger partial charge in [0.05, 0.1) is 0 Å². The Morgan fingerprint density at radius 3 is 2.22 bits per heavy atom. The van der Waals surface area contributed by atoms with Crippen LogP contribution < -0.4 is 0 Å². The van der Waals surface area contributed by atoms with Gasteiger partial charge in [-0.15, -0.1) is 0 Å². The van der Waals surface area contributed by atoms with E-state index in [-0.39, 0.29) is 0 Å². The summed E-state index contributed by atoms with van der Waals surface area (Å²) in [5, 5.41) is 0. The molecule has 0 unspecified atom stereocenters. The zero-order valence-electron chi connectivity index (χ0n) is 4.63. The van der Waals surface area contributed by atoms with Crippen LogP contribution >= 0.6 is 11.6 Å². The van der Waals surface area contributed by atoms with Crippen molar-refractivity contribution >= 4 is 23.2 Å². The number of hydrogen-bond donors (Lipinski definition) is 0. The fourth-order valence-electron chi connectivity index (χ4n) is 0.240. The van der Waals surface area contributed by atoms with E-state index in [9.17, 15) is 9.59 Å². The number of halogens is 1. The van der Waals surface area contributed by atoms with Gasteiger partial charge in [-0.05, 0) is 6.08 Å². The van der Waals surface area contributed by atoms with E-state index < -0.39 is 11.6 Å². The lowest BCUT2D eigenvalue weighted by Crippen LogP contribution is -2.05. The topological polar surface area (TPSA) is 34.1 Å². The lowest BCUT2D eigenvalue weighted by atomic mass is 10.2. The van der Waals surface area contributed by atoms with E-state index in [4.69, 9.17) is 11.6 Å². The maximum atomic E-state index is 10.4. The molecule has 0 heterocycles. The minimum atomic E-state index is -0.653. The Labute approximate surface area is 57.8 Å². The molecule has 0 aromatic heterocycles. The second-order valence-electron chi connectivity index (χ2n) is 1.23. The Morgan fingerprint density at radius 2 is 1.89 bits per heavy atom. The molecule has 0 N–H and O–H groups in total. The van der Waals surface area contributed by atoms with Crippen molar-refractivity contribution in [3.05, 3.63) is 24.3 Å². The molecular formula is C6H5ClO2. The molecule has 0 rings (SSSR count). The first-order chi connectivity index (χ1) is 4.22. The molecule has 0 aromatic rings. The minimum absolute atomic E-state index is 0.646. The molecule has 48 valence electrons. The van der Waals surface area contributed by atoms with Crippen LogP contribution in [0, 0.1) is 0 Å². The van der Waals surface area contributed by atoms with Crippen LogP contribution in [0.25, 0.3) is 0 Å². The molecule has 0 aliphatic heterocycles. The standard InChI is InChI=1S/C6H5ClO2/c1-2-5(8)6(9)3-4-7/h2-4H,1H2/b4-3+. The number of hydrogen-bond acceptors (Lipinski definition) is 2. The Hall–Kier alpha value is -0.890. The van der Waals surface area contributed by atoms with Crippen molar-refractivity contribution < 1.29 is 9.59 Å². The summed E-state index contributed by atoms with van der Waals surface area (Å²) in [5.41, 5.74) is 0.990. The first kappa shape index (κ1) is 8.11. The predicted octanol–water partition coefficient (Wildman–Crippen LogP) is 1.06. The maximum absolute atomic E-state index is 10.4. The Kier molecular flexibility index (Phi) is 3.64. The smallest absolute Gasteiger partial charge is 0.226 e. The van der Waals surface area contributed by atoms with Crippen molar-refractivity contribution in [2.75, 3.05) is 0 Å². The molecule has 0 saturated heterocycles. The molecule has 0 spiro atoms. The van der Waals surface area contributed by atoms with Crippen LogP contribution in [0.4, 0.5) is 0 Å². The molecule has 0 fully saturated rings. The zero-order valence-corrected chi connectivity index (χ0v) is 5.39. The number of allylic oxidation sites excluding steroid dienone is 2. The second-order valence-corrected chi connectivity index (χ2v) is 1.48. The number of carbonyl (C=O) groups excluding carboxylic acids is 2. The largest absolute Gasteiger partial charge is 0.286 e. The van der Waals surface area contributed by atoms with Gasteiger partial charge in [0.15, 0.2) is 0 Å². The number of ketones is 2. The van der Waals surface area contributed by atoms with Crippen molar-refractivity contribution in [3.8, 4) is 0 Å². The van der Waals surface area contributed by atoms with Gasteiger partial charge in [-0.1, -0.05) is 18.2 Å². The van der Waals surface area contributed by atoms with E-state index in [1.54, 1.807) is 0 Å². The zero-order chi connectivity index (χ0) is 7.28. The average Bonchev–Trinajstić information content (AvgIpc) is 1.87. The van der Waals surface area contributed by atoms with Gasteiger partial charge in [-0.25, -0.2) is 0 Å². The van der Waals surface area contributed by atoms with Gasteiger partial charge in [0.25, 0.3) is 0 Å². The highest BCUT2D eigenvalue weighted by Crippen LogP contribution is 1.83. The highest BCUT2D eigenvalue weighted by Gasteiger charge is 2.02. The molecule has 0 bridgehead atoms. The first-order valence-corrected chi connectivity index (χ1v) is 2.63. The molecule has 0 aromatic carbocycles. The normalized spacial score (nSPS) is 9.44. The maximum Gasteiger partial charge on any atom is 0.226 e. The number of carbonyl (C=O) groups is 2. The lowest BCUT2D eigenvalue weighted by molar-refractivity contribution is -0.130. The van der Waals surface area contributed by atoms with E-state index >= 15 is 0 Å². The van der Waals surface area contributed by atoms with E-state index in [1.807, 2.05) is 0 Å². The summed E-state index contributed by atoms with van der Waals surface area (Å²) in [6.07, 6.45) is 1.92. The van der Waals surface area contributed by atoms with E-state index in [0.29, 0.717) is 0 Å². The van der Waals surface area contributed by atoms with Gasteiger partial charge in [0, 0.05) is 11.6 Å². The monoisotopic (exact) mass is 144 g/mol. The van der Waals surface area contributed by atoms with Gasteiger partial charge >= 0.3 is 0 Å². The second kappa shape index (κ2) is 4.04. The van der Waals surface area contributed by atoms with Crippen molar-refractivity contribution in [1.82, 2.24) is 0 Å². The fourth-order valence-corrected chi connectivity index (χ4v) is 0.354. The Morgan fingerprint density at radius 1 is 1.33 bits per heavy atom. The summed E-state index contributed by atoms with van der Waals surface area (Å²) in [5.74, 6) is -1.30. The summed E-state index contributed by atoms with van der Waals surface area (Å²) in [6, 6.07) is 0. The lowest BCUT2D eigenvalue weighted by Gasteiger charge is -1.80. The van der Waals surface area contributed by atoms with Crippen molar-refractivity contribution in [2.24, 2.45) is 0 Å². The average molecular weight is 145 g/mol. The van der Waals surface area contributed by atoms with Gasteiger partial charge in [0.2, 0.25) is 11.6 Å². The third-order valence-corrected chi connectivity index (χ3v) is 0.769. The summed E-state index contributed by atoms with van der Waals surface area (Å²) in [4.78, 5) is 20.7. The van der Waals surface area contributed by atoms with Crippen LogP contribution in [0.2, 0.25) is 0 Å². The van der Waals surface area contributed by atoms with Crippen LogP contribution in [-0.4, -0.2) is 11.6 Å². The quantitative estimate of drug-likeness (QED) is 0.439. The molecule has 2 nitrogen and oxygen atoms in total. The Bertz CT molecular complexity index is 170. The van der Waals surface area contributed by atoms with Crippen LogP contribution in [0.1, 0.15) is 0 Å². The van der Waals surface area contributed by atoms with E-state index in [2.05, 4.69) is 6.58 Å². The van der Waals surface area contributed by atoms with Crippen molar-refractivity contribution in [2.45, 2.75) is 0 Å². The Balaban J connectivity index is 4.04. The first-order valence-electron chi connectivity index (χ1n) is 2.20. The highest BCUT2D eigenvalue weighted by atomic mass is 35.5. The number of rotatable bonds is 3. The molecule has 0 aliphatic carbocycles. The summed E-state index contributed by atoms with van der Waals surface area (Å²) in [7, 11) is 0. The van der Waals surface area contributed by atoms with Crippen LogP contribution in [-0.2, 0) is 9.59 Å². The van der Waals surface area contributed by atoms with Crippen molar-refractivity contribution in [3.63, 3.8) is 0 Å². The van der Waals surface area contributed by atoms with Crippen LogP contribution in [0.15, 0.2) is 24.3 Å². The van der Waals surface area contributed by atoms with Gasteiger partial charge in [0.1, 0.15) is 0 Å². The molecule has 0 atom stereocenters.